The largest absolute Gasteiger partial charge is 0.335 e. The van der Waals surface area contributed by atoms with E-state index in [-0.39, 0.29) is 11.6 Å². The second-order valence-corrected chi connectivity index (χ2v) is 6.77. The van der Waals surface area contributed by atoms with E-state index in [1.54, 1.807) is 18.2 Å². The van der Waals surface area contributed by atoms with Crippen molar-refractivity contribution in [2.75, 3.05) is 7.05 Å². The van der Waals surface area contributed by atoms with E-state index >= 15 is 0 Å². The highest BCUT2D eigenvalue weighted by atomic mass is 35.5. The van der Waals surface area contributed by atoms with Gasteiger partial charge in [-0.2, -0.15) is 4.31 Å². The van der Waals surface area contributed by atoms with Crippen LogP contribution in [0.2, 0.25) is 10.0 Å². The number of nitrogens with zero attached hydrogens (tertiary/aromatic N) is 2. The van der Waals surface area contributed by atoms with Gasteiger partial charge in [0.2, 0.25) is 0 Å². The fourth-order valence-corrected chi connectivity index (χ4v) is 3.04. The Morgan fingerprint density at radius 2 is 2.11 bits per heavy atom. The summed E-state index contributed by atoms with van der Waals surface area (Å²) in [6.45, 7) is 0.150. The Hall–Kier alpha value is -1.08. The maximum atomic E-state index is 12.2. The highest BCUT2D eigenvalue weighted by molar-refractivity contribution is 7.89. The molecule has 0 saturated carbocycles. The summed E-state index contributed by atoms with van der Waals surface area (Å²) < 4.78 is 25.5. The molecule has 19 heavy (non-hydrogen) atoms. The number of sulfonamides is 1. The Labute approximate surface area is 121 Å². The number of hydrogen-bond acceptors (Lipinski definition) is 3. The summed E-state index contributed by atoms with van der Waals surface area (Å²) in [5, 5.41) is 0.979. The van der Waals surface area contributed by atoms with Gasteiger partial charge in [0.25, 0.3) is 10.0 Å². The smallest absolute Gasteiger partial charge is 0.260 e. The van der Waals surface area contributed by atoms with Crippen molar-refractivity contribution < 1.29 is 8.42 Å². The van der Waals surface area contributed by atoms with E-state index in [9.17, 15) is 8.42 Å². The second-order valence-electron chi connectivity index (χ2n) is 3.91. The molecule has 1 N–H and O–H groups in total. The fourth-order valence-electron chi connectivity index (χ4n) is 1.53. The molecule has 0 fully saturated rings. The van der Waals surface area contributed by atoms with Gasteiger partial charge in [0, 0.05) is 23.6 Å². The molecule has 0 bridgehead atoms. The van der Waals surface area contributed by atoms with E-state index in [4.69, 9.17) is 23.2 Å². The number of H-pyrrole nitrogens is 1. The summed E-state index contributed by atoms with van der Waals surface area (Å²) in [4.78, 5) is 6.28. The molecule has 5 nitrogen and oxygen atoms in total. The van der Waals surface area contributed by atoms with Gasteiger partial charge in [-0.3, -0.25) is 0 Å². The molecule has 1 aromatic carbocycles. The molecule has 0 amide bonds. The van der Waals surface area contributed by atoms with Crippen LogP contribution in [0, 0.1) is 0 Å². The molecule has 0 saturated heterocycles. The summed E-state index contributed by atoms with van der Waals surface area (Å²) in [5.74, 6) is 0. The first kappa shape index (κ1) is 14.3. The number of aromatic amines is 1. The van der Waals surface area contributed by atoms with Crippen LogP contribution in [0.1, 0.15) is 5.56 Å². The molecule has 1 heterocycles. The van der Waals surface area contributed by atoms with Crippen molar-refractivity contribution in [3.63, 3.8) is 0 Å². The van der Waals surface area contributed by atoms with Crippen molar-refractivity contribution in [2.45, 2.75) is 11.6 Å². The third-order valence-electron chi connectivity index (χ3n) is 2.57. The Morgan fingerprint density at radius 3 is 2.68 bits per heavy atom. The quantitative estimate of drug-likeness (QED) is 0.941. The predicted molar refractivity (Wildman–Crippen MR) is 73.7 cm³/mol. The third-order valence-corrected chi connectivity index (χ3v) is 4.89. The number of benzene rings is 1. The molecule has 0 aliphatic carbocycles. The Balaban J connectivity index is 2.24. The summed E-state index contributed by atoms with van der Waals surface area (Å²) in [5.41, 5.74) is 0.677. The minimum absolute atomic E-state index is 0.0417. The molecule has 102 valence electrons. The van der Waals surface area contributed by atoms with E-state index in [0.717, 1.165) is 0 Å². The Bertz CT molecular complexity index is 671. The molecule has 2 rings (SSSR count). The molecule has 0 unspecified atom stereocenters. The van der Waals surface area contributed by atoms with Crippen molar-refractivity contribution in [3.05, 3.63) is 46.3 Å². The van der Waals surface area contributed by atoms with Gasteiger partial charge >= 0.3 is 0 Å². The number of aromatic nitrogens is 2. The van der Waals surface area contributed by atoms with Gasteiger partial charge in [-0.25, -0.2) is 13.4 Å². The lowest BCUT2D eigenvalue weighted by atomic mass is 10.2. The molecule has 0 radical (unpaired) electrons. The average Bonchev–Trinajstić information content (AvgIpc) is 2.86. The molecule has 1 aromatic heterocycles. The number of rotatable bonds is 4. The zero-order valence-corrected chi connectivity index (χ0v) is 12.3. The van der Waals surface area contributed by atoms with Crippen LogP contribution in [0.25, 0.3) is 0 Å². The van der Waals surface area contributed by atoms with Gasteiger partial charge in [-0.05, 0) is 17.7 Å². The SMILES string of the molecule is CN(Cc1ccc(Cl)cc1Cl)S(=O)(=O)c1cnc[nH]1. The summed E-state index contributed by atoms with van der Waals surface area (Å²) in [7, 11) is -2.12. The van der Waals surface area contributed by atoms with Crippen LogP contribution in [0.3, 0.4) is 0 Å². The molecule has 0 spiro atoms. The van der Waals surface area contributed by atoms with Crippen molar-refractivity contribution in [1.29, 1.82) is 0 Å². The minimum atomic E-state index is -3.60. The maximum Gasteiger partial charge on any atom is 0.260 e. The lowest BCUT2D eigenvalue weighted by Gasteiger charge is -2.16. The van der Waals surface area contributed by atoms with E-state index in [1.165, 1.54) is 23.9 Å². The van der Waals surface area contributed by atoms with Gasteiger partial charge in [0.15, 0.2) is 5.03 Å². The van der Waals surface area contributed by atoms with Crippen LogP contribution >= 0.6 is 23.2 Å². The van der Waals surface area contributed by atoms with Crippen LogP contribution in [0.15, 0.2) is 35.7 Å². The first-order chi connectivity index (χ1) is 8.91. The van der Waals surface area contributed by atoms with Crippen LogP contribution in [0.5, 0.6) is 0 Å². The van der Waals surface area contributed by atoms with Gasteiger partial charge in [-0.1, -0.05) is 29.3 Å². The Morgan fingerprint density at radius 1 is 1.37 bits per heavy atom. The molecule has 2 aromatic rings. The van der Waals surface area contributed by atoms with E-state index in [1.807, 2.05) is 0 Å². The zero-order chi connectivity index (χ0) is 14.0. The Kier molecular flexibility index (Phi) is 4.15. The first-order valence-corrected chi connectivity index (χ1v) is 7.49. The number of halogens is 2. The van der Waals surface area contributed by atoms with Crippen LogP contribution in [0.4, 0.5) is 0 Å². The second kappa shape index (κ2) is 5.50. The van der Waals surface area contributed by atoms with Crippen LogP contribution < -0.4 is 0 Å². The molecule has 0 atom stereocenters. The van der Waals surface area contributed by atoms with Crippen LogP contribution in [-0.4, -0.2) is 29.7 Å². The maximum absolute atomic E-state index is 12.2. The number of nitrogens with one attached hydrogen (secondary N) is 1. The van der Waals surface area contributed by atoms with Crippen LogP contribution in [-0.2, 0) is 16.6 Å². The highest BCUT2D eigenvalue weighted by Crippen LogP contribution is 2.23. The van der Waals surface area contributed by atoms with Crippen molar-refractivity contribution in [1.82, 2.24) is 14.3 Å². The topological polar surface area (TPSA) is 66.1 Å². The lowest BCUT2D eigenvalue weighted by Crippen LogP contribution is -2.26. The zero-order valence-electron chi connectivity index (χ0n) is 9.97. The highest BCUT2D eigenvalue weighted by Gasteiger charge is 2.22. The van der Waals surface area contributed by atoms with E-state index < -0.39 is 10.0 Å². The van der Waals surface area contributed by atoms with E-state index in [2.05, 4.69) is 9.97 Å². The van der Waals surface area contributed by atoms with Crippen molar-refractivity contribution >= 4 is 33.2 Å². The molecule has 0 aliphatic heterocycles. The third kappa shape index (κ3) is 3.09. The predicted octanol–water partition coefficient (Wildman–Crippen LogP) is 2.54. The summed E-state index contributed by atoms with van der Waals surface area (Å²) in [6, 6.07) is 4.94. The van der Waals surface area contributed by atoms with Gasteiger partial charge < -0.3 is 4.98 Å². The number of imidazole rings is 1. The molecule has 8 heteroatoms. The van der Waals surface area contributed by atoms with Crippen molar-refractivity contribution in [2.24, 2.45) is 0 Å². The minimum Gasteiger partial charge on any atom is -0.335 e. The standard InChI is InChI=1S/C11H11Cl2N3O2S/c1-16(19(17,18)11-5-14-7-15-11)6-8-2-3-9(12)4-10(8)13/h2-5,7H,6H2,1H3,(H,14,15). The summed E-state index contributed by atoms with van der Waals surface area (Å²) in [6.07, 6.45) is 2.57. The molecular weight excluding hydrogens is 309 g/mol. The monoisotopic (exact) mass is 319 g/mol. The molecular formula is C11H11Cl2N3O2S. The number of hydrogen-bond donors (Lipinski definition) is 1. The van der Waals surface area contributed by atoms with Gasteiger partial charge in [0.1, 0.15) is 0 Å². The summed E-state index contributed by atoms with van der Waals surface area (Å²) >= 11 is 11.8. The normalized spacial score (nSPS) is 12.0. The first-order valence-electron chi connectivity index (χ1n) is 5.30. The average molecular weight is 320 g/mol. The molecule has 0 aliphatic rings. The lowest BCUT2D eigenvalue weighted by molar-refractivity contribution is 0.464. The van der Waals surface area contributed by atoms with Crippen molar-refractivity contribution in [3.8, 4) is 0 Å². The van der Waals surface area contributed by atoms with E-state index in [0.29, 0.717) is 15.6 Å². The van der Waals surface area contributed by atoms with Gasteiger partial charge in [0.05, 0.1) is 12.5 Å². The fraction of sp³-hybridized carbons (Fsp3) is 0.182. The van der Waals surface area contributed by atoms with Gasteiger partial charge in [-0.15, -0.1) is 0 Å².